The van der Waals surface area contributed by atoms with Crippen molar-refractivity contribution in [3.8, 4) is 0 Å². The second-order valence-corrected chi connectivity index (χ2v) is 3.80. The van der Waals surface area contributed by atoms with Gasteiger partial charge in [-0.15, -0.1) is 5.10 Å². The molecule has 0 unspecified atom stereocenters. The zero-order valence-electron chi connectivity index (χ0n) is 9.56. The van der Waals surface area contributed by atoms with Gasteiger partial charge in [-0.25, -0.2) is 4.68 Å². The highest BCUT2D eigenvalue weighted by molar-refractivity contribution is 5.32. The lowest BCUT2D eigenvalue weighted by Crippen LogP contribution is -2.00. The maximum Gasteiger partial charge on any atom is 0.269 e. The predicted octanol–water partition coefficient (Wildman–Crippen LogP) is 0.769. The topological polar surface area (TPSA) is 94.1 Å². The van der Waals surface area contributed by atoms with Crippen LogP contribution in [0.25, 0.3) is 0 Å². The Hall–Kier alpha value is -2.28. The van der Waals surface area contributed by atoms with Crippen molar-refractivity contribution >= 4 is 5.69 Å². The van der Waals surface area contributed by atoms with Crippen molar-refractivity contribution in [1.82, 2.24) is 15.0 Å². The highest BCUT2D eigenvalue weighted by Crippen LogP contribution is 2.12. The third kappa shape index (κ3) is 2.89. The summed E-state index contributed by atoms with van der Waals surface area (Å²) in [5.41, 5.74) is 1.69. The lowest BCUT2D eigenvalue weighted by atomic mass is 10.2. The molecule has 7 nitrogen and oxygen atoms in total. The first kappa shape index (κ1) is 12.2. The molecule has 0 amide bonds. The molecule has 0 fully saturated rings. The van der Waals surface area contributed by atoms with E-state index in [-0.39, 0.29) is 12.3 Å². The van der Waals surface area contributed by atoms with Crippen LogP contribution < -0.4 is 0 Å². The van der Waals surface area contributed by atoms with Crippen LogP contribution in [0, 0.1) is 10.1 Å². The Morgan fingerprint density at radius 1 is 1.33 bits per heavy atom. The summed E-state index contributed by atoms with van der Waals surface area (Å²) < 4.78 is 1.63. The third-order valence-corrected chi connectivity index (χ3v) is 2.45. The average molecular weight is 248 g/mol. The van der Waals surface area contributed by atoms with Crippen LogP contribution in [0.1, 0.15) is 11.3 Å². The van der Waals surface area contributed by atoms with Gasteiger partial charge in [-0.3, -0.25) is 10.1 Å². The molecule has 18 heavy (non-hydrogen) atoms. The number of non-ortho nitro benzene ring substituents is 1. The van der Waals surface area contributed by atoms with E-state index in [1.54, 1.807) is 23.0 Å². The van der Waals surface area contributed by atoms with Crippen molar-refractivity contribution in [3.05, 3.63) is 51.8 Å². The smallest absolute Gasteiger partial charge is 0.269 e. The predicted molar refractivity (Wildman–Crippen MR) is 63.0 cm³/mol. The summed E-state index contributed by atoms with van der Waals surface area (Å²) in [6.07, 6.45) is 2.22. The van der Waals surface area contributed by atoms with E-state index in [9.17, 15) is 10.1 Å². The van der Waals surface area contributed by atoms with Crippen LogP contribution in [0.2, 0.25) is 0 Å². The normalized spacial score (nSPS) is 10.5. The van der Waals surface area contributed by atoms with Gasteiger partial charge >= 0.3 is 0 Å². The van der Waals surface area contributed by atoms with Gasteiger partial charge in [0.05, 0.1) is 17.2 Å². The van der Waals surface area contributed by atoms with Crippen molar-refractivity contribution < 1.29 is 10.0 Å². The first-order chi connectivity index (χ1) is 8.69. The molecule has 2 rings (SSSR count). The summed E-state index contributed by atoms with van der Waals surface area (Å²) in [5, 5.41) is 27.1. The van der Waals surface area contributed by atoms with E-state index in [2.05, 4.69) is 10.3 Å². The van der Waals surface area contributed by atoms with Gasteiger partial charge < -0.3 is 5.11 Å². The standard InChI is InChI=1S/C11H12N4O3/c16-6-5-10-8-14(13-12-10)7-9-1-3-11(4-2-9)15(17)18/h1-4,8,16H,5-7H2. The Labute approximate surface area is 103 Å². The number of aliphatic hydroxyl groups is 1. The van der Waals surface area contributed by atoms with Crippen LogP contribution in [0.15, 0.2) is 30.5 Å². The molecule has 0 aliphatic rings. The molecule has 0 bridgehead atoms. The highest BCUT2D eigenvalue weighted by atomic mass is 16.6. The Balaban J connectivity index is 2.06. The van der Waals surface area contributed by atoms with E-state index >= 15 is 0 Å². The van der Waals surface area contributed by atoms with E-state index in [1.807, 2.05) is 0 Å². The van der Waals surface area contributed by atoms with E-state index in [0.717, 1.165) is 11.3 Å². The molecule has 0 atom stereocenters. The largest absolute Gasteiger partial charge is 0.396 e. The van der Waals surface area contributed by atoms with Crippen molar-refractivity contribution in [2.24, 2.45) is 0 Å². The van der Waals surface area contributed by atoms with Crippen LogP contribution in [0.3, 0.4) is 0 Å². The number of hydrogen-bond donors (Lipinski definition) is 1. The van der Waals surface area contributed by atoms with Gasteiger partial charge in [0.2, 0.25) is 0 Å². The average Bonchev–Trinajstić information content (AvgIpc) is 2.78. The number of nitrogens with zero attached hydrogens (tertiary/aromatic N) is 4. The molecule has 0 saturated heterocycles. The molecular weight excluding hydrogens is 236 g/mol. The van der Waals surface area contributed by atoms with Gasteiger partial charge in [-0.2, -0.15) is 0 Å². The number of hydrogen-bond acceptors (Lipinski definition) is 5. The molecule has 0 spiro atoms. The molecule has 2 aromatic rings. The first-order valence-corrected chi connectivity index (χ1v) is 5.42. The van der Waals surface area contributed by atoms with Gasteiger partial charge in [0, 0.05) is 31.4 Å². The fraction of sp³-hybridized carbons (Fsp3) is 0.273. The number of nitro benzene ring substituents is 1. The van der Waals surface area contributed by atoms with E-state index in [1.165, 1.54) is 12.1 Å². The zero-order chi connectivity index (χ0) is 13.0. The van der Waals surface area contributed by atoms with Crippen LogP contribution in [-0.2, 0) is 13.0 Å². The van der Waals surface area contributed by atoms with Crippen LogP contribution in [0.5, 0.6) is 0 Å². The van der Waals surface area contributed by atoms with Gasteiger partial charge in [0.25, 0.3) is 5.69 Å². The monoisotopic (exact) mass is 248 g/mol. The molecular formula is C11H12N4O3. The number of aromatic nitrogens is 3. The minimum Gasteiger partial charge on any atom is -0.396 e. The lowest BCUT2D eigenvalue weighted by molar-refractivity contribution is -0.384. The van der Waals surface area contributed by atoms with Crippen molar-refractivity contribution in [3.63, 3.8) is 0 Å². The first-order valence-electron chi connectivity index (χ1n) is 5.42. The molecule has 1 N–H and O–H groups in total. The number of aliphatic hydroxyl groups excluding tert-OH is 1. The third-order valence-electron chi connectivity index (χ3n) is 2.45. The SMILES string of the molecule is O=[N+]([O-])c1ccc(Cn2cc(CCO)nn2)cc1. The fourth-order valence-corrected chi connectivity index (χ4v) is 1.56. The molecule has 0 aliphatic carbocycles. The lowest BCUT2D eigenvalue weighted by Gasteiger charge is -2.00. The highest BCUT2D eigenvalue weighted by Gasteiger charge is 2.05. The van der Waals surface area contributed by atoms with Crippen molar-refractivity contribution in [2.45, 2.75) is 13.0 Å². The minimum atomic E-state index is -0.432. The maximum absolute atomic E-state index is 10.5. The maximum atomic E-state index is 10.5. The van der Waals surface area contributed by atoms with Crippen molar-refractivity contribution in [1.29, 1.82) is 0 Å². The molecule has 0 aliphatic heterocycles. The van der Waals surface area contributed by atoms with Gasteiger partial charge in [0.1, 0.15) is 0 Å². The van der Waals surface area contributed by atoms with Gasteiger partial charge in [-0.05, 0) is 5.56 Å². The second kappa shape index (κ2) is 5.37. The Morgan fingerprint density at radius 2 is 2.06 bits per heavy atom. The number of nitro groups is 1. The molecule has 0 radical (unpaired) electrons. The van der Waals surface area contributed by atoms with Crippen molar-refractivity contribution in [2.75, 3.05) is 6.61 Å². The van der Waals surface area contributed by atoms with E-state index in [4.69, 9.17) is 5.11 Å². The summed E-state index contributed by atoms with van der Waals surface area (Å²) >= 11 is 0. The molecule has 1 aromatic carbocycles. The Kier molecular flexibility index (Phi) is 3.63. The molecule has 1 aromatic heterocycles. The Morgan fingerprint density at radius 3 is 2.67 bits per heavy atom. The summed E-state index contributed by atoms with van der Waals surface area (Å²) in [4.78, 5) is 10.1. The number of rotatable bonds is 5. The molecule has 94 valence electrons. The molecule has 7 heteroatoms. The van der Waals surface area contributed by atoms with E-state index < -0.39 is 4.92 Å². The second-order valence-electron chi connectivity index (χ2n) is 3.80. The Bertz CT molecular complexity index is 535. The summed E-state index contributed by atoms with van der Waals surface area (Å²) in [5.74, 6) is 0. The van der Waals surface area contributed by atoms with Crippen LogP contribution in [0.4, 0.5) is 5.69 Å². The van der Waals surface area contributed by atoms with Crippen LogP contribution >= 0.6 is 0 Å². The fourth-order valence-electron chi connectivity index (χ4n) is 1.56. The van der Waals surface area contributed by atoms with Gasteiger partial charge in [-0.1, -0.05) is 17.3 Å². The van der Waals surface area contributed by atoms with Gasteiger partial charge in [0.15, 0.2) is 0 Å². The number of benzene rings is 1. The quantitative estimate of drug-likeness (QED) is 0.623. The summed E-state index contributed by atoms with van der Waals surface area (Å²) in [6, 6.07) is 6.29. The molecule has 1 heterocycles. The summed E-state index contributed by atoms with van der Waals surface area (Å²) in [7, 11) is 0. The summed E-state index contributed by atoms with van der Waals surface area (Å²) in [6.45, 7) is 0.534. The molecule has 0 saturated carbocycles. The minimum absolute atomic E-state index is 0.0379. The van der Waals surface area contributed by atoms with Crippen LogP contribution in [-0.4, -0.2) is 31.6 Å². The van der Waals surface area contributed by atoms with E-state index in [0.29, 0.717) is 13.0 Å². The zero-order valence-corrected chi connectivity index (χ0v) is 9.56.